The Labute approximate surface area is 59.9 Å². The fourth-order valence-electron chi connectivity index (χ4n) is 0. The summed E-state index contributed by atoms with van der Waals surface area (Å²) in [6, 6.07) is 0. The van der Waals surface area contributed by atoms with Crippen LogP contribution < -0.4 is 0 Å². The summed E-state index contributed by atoms with van der Waals surface area (Å²) in [6.45, 7) is 0. The van der Waals surface area contributed by atoms with Gasteiger partial charge in [-0.1, -0.05) is 0 Å². The predicted molar refractivity (Wildman–Crippen MR) is 19.3 cm³/mol. The third-order valence-electron chi connectivity index (χ3n) is 0.305. The van der Waals surface area contributed by atoms with Crippen LogP contribution in [-0.4, -0.2) is 13.9 Å². The maximum absolute atomic E-state index is 10.8. The smallest absolute Gasteiger partial charge is 0.556 e. The van der Waals surface area contributed by atoms with Crippen LogP contribution in [0, 0.1) is 0 Å². The van der Waals surface area contributed by atoms with Gasteiger partial charge in [-0.05, 0) is 0 Å². The average molecular weight is 212 g/mol. The standard InChI is InChI=1S/CHF3NO2S.Cu/c2-1(3,4)8(5,6)7;/h(H-,5,6,7);/q-1;+1. The van der Waals surface area contributed by atoms with Gasteiger partial charge in [-0.3, -0.25) is 0 Å². The summed E-state index contributed by atoms with van der Waals surface area (Å²) >= 11 is 0. The van der Waals surface area contributed by atoms with Crippen LogP contribution >= 0.6 is 0 Å². The van der Waals surface area contributed by atoms with E-state index in [1.54, 1.807) is 0 Å². The van der Waals surface area contributed by atoms with Crippen molar-refractivity contribution in [2.24, 2.45) is 0 Å². The van der Waals surface area contributed by atoms with Crippen molar-refractivity contribution in [3.8, 4) is 0 Å². The first-order valence-electron chi connectivity index (χ1n) is 1.31. The van der Waals surface area contributed by atoms with Crippen LogP contribution in [0.4, 0.5) is 13.2 Å². The zero-order valence-corrected chi connectivity index (χ0v) is 5.42. The van der Waals surface area contributed by atoms with E-state index in [2.05, 4.69) is 0 Å². The molecule has 1 N–H and O–H groups in total. The van der Waals surface area contributed by atoms with Gasteiger partial charge < -0.3 is 5.14 Å². The van der Waals surface area contributed by atoms with E-state index in [0.29, 0.717) is 0 Å². The number of rotatable bonds is 0. The third kappa shape index (κ3) is 3.74. The van der Waals surface area contributed by atoms with Crippen LogP contribution in [0.15, 0.2) is 0 Å². The molecule has 0 unspecified atom stereocenters. The molecule has 3 nitrogen and oxygen atoms in total. The molecule has 0 aromatic carbocycles. The molecule has 0 aliphatic rings. The Morgan fingerprint density at radius 3 is 1.33 bits per heavy atom. The van der Waals surface area contributed by atoms with E-state index in [-0.39, 0.29) is 17.1 Å². The molecule has 0 amide bonds. The van der Waals surface area contributed by atoms with E-state index in [4.69, 9.17) is 5.14 Å². The van der Waals surface area contributed by atoms with Gasteiger partial charge in [0.25, 0.3) is 0 Å². The Morgan fingerprint density at radius 1 is 1.22 bits per heavy atom. The van der Waals surface area contributed by atoms with Gasteiger partial charge in [0.15, 0.2) is 10.0 Å². The fourth-order valence-corrected chi connectivity index (χ4v) is 0. The molecule has 0 aromatic heterocycles. The third-order valence-corrected chi connectivity index (χ3v) is 0.914. The molecule has 0 saturated carbocycles. The molecular weight excluding hydrogens is 211 g/mol. The first-order chi connectivity index (χ1) is 3.25. The molecule has 0 aromatic rings. The van der Waals surface area contributed by atoms with E-state index < -0.39 is 15.5 Å². The van der Waals surface area contributed by atoms with Crippen molar-refractivity contribution in [2.75, 3.05) is 0 Å². The number of sulfonamides is 1. The molecule has 0 heterocycles. The van der Waals surface area contributed by atoms with Crippen molar-refractivity contribution in [3.05, 3.63) is 5.14 Å². The molecule has 0 radical (unpaired) electrons. The molecule has 0 aliphatic carbocycles. The second-order valence-corrected chi connectivity index (χ2v) is 2.42. The van der Waals surface area contributed by atoms with Gasteiger partial charge in [0, 0.05) is 0 Å². The summed E-state index contributed by atoms with van der Waals surface area (Å²) in [4.78, 5) is 0. The monoisotopic (exact) mass is 211 g/mol. The van der Waals surface area contributed by atoms with Crippen LogP contribution in [-0.2, 0) is 27.1 Å². The van der Waals surface area contributed by atoms with Crippen molar-refractivity contribution in [2.45, 2.75) is 5.51 Å². The zero-order chi connectivity index (χ0) is 7.00. The van der Waals surface area contributed by atoms with E-state index in [1.165, 1.54) is 0 Å². The Morgan fingerprint density at radius 2 is 1.33 bits per heavy atom. The molecule has 8 heteroatoms. The molecule has 0 bridgehead atoms. The Bertz CT molecular complexity index is 171. The van der Waals surface area contributed by atoms with E-state index in [9.17, 15) is 21.6 Å². The van der Waals surface area contributed by atoms with Crippen molar-refractivity contribution < 1.29 is 38.7 Å². The molecular formula is CHCuF3NO2S. The SMILES string of the molecule is [Cu+].[NH-]S(=O)(=O)C(F)(F)F. The summed E-state index contributed by atoms with van der Waals surface area (Å²) in [6.07, 6.45) is 0. The summed E-state index contributed by atoms with van der Waals surface area (Å²) in [5.41, 5.74) is -5.42. The number of hydrogen-bond donors (Lipinski definition) is 0. The maximum atomic E-state index is 10.8. The second kappa shape index (κ2) is 2.87. The van der Waals surface area contributed by atoms with Gasteiger partial charge in [0.2, 0.25) is 0 Å². The normalized spacial score (nSPS) is 12.4. The van der Waals surface area contributed by atoms with Gasteiger partial charge in [0.05, 0.1) is 0 Å². The average Bonchev–Trinajstić information content (AvgIpc) is 1.25. The largest absolute Gasteiger partial charge is 1.00 e. The van der Waals surface area contributed by atoms with Gasteiger partial charge in [-0.2, -0.15) is 13.2 Å². The number of hydrogen-bond acceptors (Lipinski definition) is 2. The molecule has 0 rings (SSSR count). The molecule has 0 fully saturated rings. The summed E-state index contributed by atoms with van der Waals surface area (Å²) in [5.74, 6) is 0. The predicted octanol–water partition coefficient (Wildman–Crippen LogP) is 0.886. The summed E-state index contributed by atoms with van der Waals surface area (Å²) in [7, 11) is -5.59. The van der Waals surface area contributed by atoms with Crippen molar-refractivity contribution in [1.29, 1.82) is 0 Å². The molecule has 0 atom stereocenters. The van der Waals surface area contributed by atoms with Gasteiger partial charge in [0.1, 0.15) is 0 Å². The van der Waals surface area contributed by atoms with Crippen LogP contribution in [0.3, 0.4) is 0 Å². The van der Waals surface area contributed by atoms with Crippen LogP contribution in [0.25, 0.3) is 5.14 Å². The van der Waals surface area contributed by atoms with Crippen LogP contribution in [0.1, 0.15) is 0 Å². The Kier molecular flexibility index (Phi) is 3.81. The number of halogens is 3. The van der Waals surface area contributed by atoms with Crippen molar-refractivity contribution >= 4 is 10.0 Å². The van der Waals surface area contributed by atoms with E-state index >= 15 is 0 Å². The number of nitrogens with one attached hydrogen (secondary N) is 1. The molecule has 0 spiro atoms. The Hall–Kier alpha value is 0.219. The second-order valence-electron chi connectivity index (χ2n) is 0.949. The van der Waals surface area contributed by atoms with Gasteiger partial charge in [-0.25, -0.2) is 8.42 Å². The Balaban J connectivity index is 0. The van der Waals surface area contributed by atoms with Crippen molar-refractivity contribution in [1.82, 2.24) is 0 Å². The number of alkyl halides is 3. The zero-order valence-electron chi connectivity index (χ0n) is 3.66. The molecule has 60 valence electrons. The topological polar surface area (TPSA) is 57.9 Å². The molecule has 9 heavy (non-hydrogen) atoms. The van der Waals surface area contributed by atoms with Gasteiger partial charge in [-0.15, -0.1) is 0 Å². The van der Waals surface area contributed by atoms with Crippen LogP contribution in [0.2, 0.25) is 0 Å². The van der Waals surface area contributed by atoms with Gasteiger partial charge >= 0.3 is 22.6 Å². The van der Waals surface area contributed by atoms with Crippen LogP contribution in [0.5, 0.6) is 0 Å². The minimum absolute atomic E-state index is 0. The summed E-state index contributed by atoms with van der Waals surface area (Å²) in [5, 5.41) is 5.43. The van der Waals surface area contributed by atoms with E-state index in [0.717, 1.165) is 0 Å². The van der Waals surface area contributed by atoms with E-state index in [1.807, 2.05) is 0 Å². The first kappa shape index (κ1) is 12.0. The minimum Gasteiger partial charge on any atom is -0.556 e. The minimum atomic E-state index is -5.59. The maximum Gasteiger partial charge on any atom is 1.00 e. The molecule has 0 saturated heterocycles. The summed E-state index contributed by atoms with van der Waals surface area (Å²) < 4.78 is 50.8. The first-order valence-corrected chi connectivity index (χ1v) is 2.79. The van der Waals surface area contributed by atoms with Crippen molar-refractivity contribution in [3.63, 3.8) is 0 Å². The quantitative estimate of drug-likeness (QED) is 0.559. The molecule has 0 aliphatic heterocycles. The fraction of sp³-hybridized carbons (Fsp3) is 1.00.